The van der Waals surface area contributed by atoms with Gasteiger partial charge in [-0.25, -0.2) is 0 Å². The smallest absolute Gasteiger partial charge is 0.224 e. The average Bonchev–Trinajstić information content (AvgIpc) is 3.10. The second-order valence-electron chi connectivity index (χ2n) is 5.27. The van der Waals surface area contributed by atoms with Crippen molar-refractivity contribution in [3.8, 4) is 0 Å². The van der Waals surface area contributed by atoms with Gasteiger partial charge in [0.25, 0.3) is 0 Å². The van der Waals surface area contributed by atoms with Crippen molar-refractivity contribution in [2.24, 2.45) is 4.99 Å². The van der Waals surface area contributed by atoms with Gasteiger partial charge in [0, 0.05) is 39.1 Å². The number of guanidine groups is 1. The van der Waals surface area contributed by atoms with E-state index in [1.165, 1.54) is 12.8 Å². The van der Waals surface area contributed by atoms with Crippen LogP contribution in [0.15, 0.2) is 4.99 Å². The summed E-state index contributed by atoms with van der Waals surface area (Å²) in [5, 5.41) is 3.32. The van der Waals surface area contributed by atoms with E-state index in [2.05, 4.69) is 22.1 Å². The maximum atomic E-state index is 11.9. The molecule has 2 aliphatic rings. The molecule has 20 heavy (non-hydrogen) atoms. The molecule has 2 aliphatic heterocycles. The molecule has 5 nitrogen and oxygen atoms in total. The highest BCUT2D eigenvalue weighted by molar-refractivity contribution is 14.0. The van der Waals surface area contributed by atoms with E-state index >= 15 is 0 Å². The van der Waals surface area contributed by atoms with E-state index in [0.717, 1.165) is 51.5 Å². The number of likely N-dealkylation sites (tertiary alicyclic amines) is 2. The summed E-state index contributed by atoms with van der Waals surface area (Å²) in [5.41, 5.74) is 0. The van der Waals surface area contributed by atoms with Crippen LogP contribution in [-0.4, -0.2) is 60.9 Å². The Morgan fingerprint density at radius 3 is 2.15 bits per heavy atom. The summed E-state index contributed by atoms with van der Waals surface area (Å²) < 4.78 is 0. The predicted molar refractivity (Wildman–Crippen MR) is 92.6 cm³/mol. The third-order valence-corrected chi connectivity index (χ3v) is 3.79. The summed E-state index contributed by atoms with van der Waals surface area (Å²) in [6.07, 6.45) is 5.35. The van der Waals surface area contributed by atoms with Gasteiger partial charge in [-0.15, -0.1) is 24.0 Å². The Labute approximate surface area is 139 Å². The molecule has 2 saturated heterocycles. The molecule has 2 fully saturated rings. The fourth-order valence-electron chi connectivity index (χ4n) is 2.74. The third-order valence-electron chi connectivity index (χ3n) is 3.79. The molecule has 0 aliphatic carbocycles. The Morgan fingerprint density at radius 1 is 1.05 bits per heavy atom. The molecule has 0 aromatic carbocycles. The average molecular weight is 394 g/mol. The quantitative estimate of drug-likeness (QED) is 0.449. The van der Waals surface area contributed by atoms with Gasteiger partial charge in [0.2, 0.25) is 5.91 Å². The van der Waals surface area contributed by atoms with E-state index in [9.17, 15) is 4.79 Å². The molecule has 0 radical (unpaired) electrons. The fraction of sp³-hybridized carbons (Fsp3) is 0.857. The number of hydrogen-bond donors (Lipinski definition) is 1. The molecule has 2 heterocycles. The number of nitrogens with zero attached hydrogens (tertiary/aromatic N) is 3. The molecule has 1 N–H and O–H groups in total. The van der Waals surface area contributed by atoms with Crippen molar-refractivity contribution in [1.82, 2.24) is 15.1 Å². The summed E-state index contributed by atoms with van der Waals surface area (Å²) in [5.74, 6) is 1.24. The minimum Gasteiger partial charge on any atom is -0.357 e. The minimum absolute atomic E-state index is 0. The lowest BCUT2D eigenvalue weighted by atomic mass is 10.4. The van der Waals surface area contributed by atoms with Gasteiger partial charge in [0.15, 0.2) is 5.96 Å². The van der Waals surface area contributed by atoms with Crippen LogP contribution < -0.4 is 5.32 Å². The SMILES string of the molecule is CCNC(=NCCC(=O)N1CCCC1)N1CCCC1.I. The molecular formula is C14H27IN4O. The number of carbonyl (C=O) groups excluding carboxylic acids is 1. The van der Waals surface area contributed by atoms with Crippen LogP contribution in [0.1, 0.15) is 39.0 Å². The van der Waals surface area contributed by atoms with Crippen molar-refractivity contribution < 1.29 is 4.79 Å². The number of rotatable bonds is 4. The predicted octanol–water partition coefficient (Wildman–Crippen LogP) is 1.68. The van der Waals surface area contributed by atoms with Crippen LogP contribution in [0.4, 0.5) is 0 Å². The Balaban J connectivity index is 0.00000200. The standard InChI is InChI=1S/C14H26N4O.HI/c1-2-15-14(18-11-5-6-12-18)16-8-7-13(19)17-9-3-4-10-17;/h2-12H2,1H3,(H,15,16);1H. The summed E-state index contributed by atoms with van der Waals surface area (Å²) in [6, 6.07) is 0. The lowest BCUT2D eigenvalue weighted by Gasteiger charge is -2.21. The highest BCUT2D eigenvalue weighted by atomic mass is 127. The zero-order valence-electron chi connectivity index (χ0n) is 12.4. The second-order valence-corrected chi connectivity index (χ2v) is 5.27. The van der Waals surface area contributed by atoms with Crippen LogP contribution >= 0.6 is 24.0 Å². The molecular weight excluding hydrogens is 367 g/mol. The van der Waals surface area contributed by atoms with E-state index in [4.69, 9.17) is 0 Å². The zero-order valence-corrected chi connectivity index (χ0v) is 14.8. The van der Waals surface area contributed by atoms with E-state index in [1.807, 2.05) is 4.90 Å². The first-order chi connectivity index (χ1) is 9.31. The number of aliphatic imine (C=N–C) groups is 1. The minimum atomic E-state index is 0. The summed E-state index contributed by atoms with van der Waals surface area (Å²) in [7, 11) is 0. The Hall–Kier alpha value is -0.530. The fourth-order valence-corrected chi connectivity index (χ4v) is 2.74. The first-order valence-corrected chi connectivity index (χ1v) is 7.62. The monoisotopic (exact) mass is 394 g/mol. The molecule has 0 aromatic heterocycles. The van der Waals surface area contributed by atoms with Crippen LogP contribution in [0.3, 0.4) is 0 Å². The summed E-state index contributed by atoms with van der Waals surface area (Å²) in [6.45, 7) is 7.63. The van der Waals surface area contributed by atoms with E-state index in [-0.39, 0.29) is 29.9 Å². The summed E-state index contributed by atoms with van der Waals surface area (Å²) >= 11 is 0. The van der Waals surface area contributed by atoms with Crippen molar-refractivity contribution in [3.05, 3.63) is 0 Å². The zero-order chi connectivity index (χ0) is 13.5. The van der Waals surface area contributed by atoms with Gasteiger partial charge >= 0.3 is 0 Å². The number of amides is 1. The first-order valence-electron chi connectivity index (χ1n) is 7.62. The lowest BCUT2D eigenvalue weighted by Crippen LogP contribution is -2.39. The molecule has 0 atom stereocenters. The van der Waals surface area contributed by atoms with Crippen LogP contribution in [0, 0.1) is 0 Å². The first kappa shape index (κ1) is 17.5. The Kier molecular flexibility index (Phi) is 8.25. The van der Waals surface area contributed by atoms with E-state index < -0.39 is 0 Å². The van der Waals surface area contributed by atoms with Crippen LogP contribution in [0.5, 0.6) is 0 Å². The molecule has 0 aromatic rings. The second kappa shape index (κ2) is 9.41. The van der Waals surface area contributed by atoms with Gasteiger partial charge in [0.1, 0.15) is 0 Å². The maximum Gasteiger partial charge on any atom is 0.224 e. The maximum absolute atomic E-state index is 11.9. The molecule has 0 bridgehead atoms. The van der Waals surface area contributed by atoms with Gasteiger partial charge in [0.05, 0.1) is 6.54 Å². The van der Waals surface area contributed by atoms with Crippen LogP contribution in [0.25, 0.3) is 0 Å². The van der Waals surface area contributed by atoms with Gasteiger partial charge in [-0.3, -0.25) is 9.79 Å². The van der Waals surface area contributed by atoms with Crippen molar-refractivity contribution in [2.75, 3.05) is 39.3 Å². The van der Waals surface area contributed by atoms with Crippen molar-refractivity contribution in [3.63, 3.8) is 0 Å². The van der Waals surface area contributed by atoms with Gasteiger partial charge in [-0.05, 0) is 32.6 Å². The van der Waals surface area contributed by atoms with Crippen molar-refractivity contribution in [2.45, 2.75) is 39.0 Å². The number of nitrogens with one attached hydrogen (secondary N) is 1. The number of hydrogen-bond acceptors (Lipinski definition) is 2. The normalized spacial score (nSPS) is 19.1. The van der Waals surface area contributed by atoms with Crippen LogP contribution in [-0.2, 0) is 4.79 Å². The van der Waals surface area contributed by atoms with E-state index in [1.54, 1.807) is 0 Å². The van der Waals surface area contributed by atoms with E-state index in [0.29, 0.717) is 13.0 Å². The Bertz CT molecular complexity index is 323. The third kappa shape index (κ3) is 5.10. The van der Waals surface area contributed by atoms with Gasteiger partial charge < -0.3 is 15.1 Å². The molecule has 0 spiro atoms. The van der Waals surface area contributed by atoms with Crippen molar-refractivity contribution >= 4 is 35.8 Å². The molecule has 0 unspecified atom stereocenters. The highest BCUT2D eigenvalue weighted by Crippen LogP contribution is 2.10. The number of carbonyl (C=O) groups is 1. The summed E-state index contributed by atoms with van der Waals surface area (Å²) in [4.78, 5) is 20.8. The Morgan fingerprint density at radius 2 is 1.60 bits per heavy atom. The van der Waals surface area contributed by atoms with Crippen LogP contribution in [0.2, 0.25) is 0 Å². The number of halogens is 1. The van der Waals surface area contributed by atoms with Gasteiger partial charge in [-0.2, -0.15) is 0 Å². The molecule has 1 amide bonds. The molecule has 0 saturated carbocycles. The lowest BCUT2D eigenvalue weighted by molar-refractivity contribution is -0.129. The molecule has 116 valence electrons. The largest absolute Gasteiger partial charge is 0.357 e. The topological polar surface area (TPSA) is 47.9 Å². The molecule has 6 heteroatoms. The van der Waals surface area contributed by atoms with Gasteiger partial charge in [-0.1, -0.05) is 0 Å². The van der Waals surface area contributed by atoms with Crippen molar-refractivity contribution in [1.29, 1.82) is 0 Å². The highest BCUT2D eigenvalue weighted by Gasteiger charge is 2.18. The molecule has 2 rings (SSSR count).